The minimum atomic E-state index is -3.73. The molecule has 0 fully saturated rings. The van der Waals surface area contributed by atoms with Crippen molar-refractivity contribution in [2.45, 2.75) is 18.7 Å². The summed E-state index contributed by atoms with van der Waals surface area (Å²) in [6.45, 7) is 2.79. The fourth-order valence-corrected chi connectivity index (χ4v) is 2.85. The molecule has 2 amide bonds. The molecule has 0 spiro atoms. The Balaban J connectivity index is 3.01. The SMILES string of the molecule is CCS(=O)(=O)c1cc(F)ccc1NC(=O)N(C)CC(C)C(=O)O. The fraction of sp³-hybridized carbons (Fsp3) is 0.429. The first-order chi connectivity index (χ1) is 10.6. The summed E-state index contributed by atoms with van der Waals surface area (Å²) in [7, 11) is -2.35. The number of hydrogen-bond acceptors (Lipinski definition) is 4. The Bertz CT molecular complexity index is 705. The van der Waals surface area contributed by atoms with Gasteiger partial charge < -0.3 is 15.3 Å². The molecule has 2 N–H and O–H groups in total. The average molecular weight is 346 g/mol. The molecule has 1 atom stereocenters. The van der Waals surface area contributed by atoms with Gasteiger partial charge >= 0.3 is 12.0 Å². The molecule has 0 aromatic heterocycles. The van der Waals surface area contributed by atoms with Gasteiger partial charge in [-0.2, -0.15) is 0 Å². The number of benzene rings is 1. The van der Waals surface area contributed by atoms with Crippen LogP contribution in [0.2, 0.25) is 0 Å². The maximum Gasteiger partial charge on any atom is 0.321 e. The number of anilines is 1. The lowest BCUT2D eigenvalue weighted by Crippen LogP contribution is -2.37. The summed E-state index contributed by atoms with van der Waals surface area (Å²) < 4.78 is 37.3. The smallest absolute Gasteiger partial charge is 0.321 e. The van der Waals surface area contributed by atoms with Gasteiger partial charge in [0.1, 0.15) is 5.82 Å². The molecule has 0 saturated heterocycles. The summed E-state index contributed by atoms with van der Waals surface area (Å²) in [5.41, 5.74) is -0.0481. The van der Waals surface area contributed by atoms with E-state index >= 15 is 0 Å². The Morgan fingerprint density at radius 2 is 2.00 bits per heavy atom. The molecule has 0 aliphatic rings. The predicted molar refractivity (Wildman–Crippen MR) is 82.6 cm³/mol. The van der Waals surface area contributed by atoms with Crippen molar-refractivity contribution < 1.29 is 27.5 Å². The van der Waals surface area contributed by atoms with Crippen molar-refractivity contribution >= 4 is 27.5 Å². The van der Waals surface area contributed by atoms with Crippen molar-refractivity contribution in [3.8, 4) is 0 Å². The number of hydrogen-bond donors (Lipinski definition) is 2. The van der Waals surface area contributed by atoms with Gasteiger partial charge in [0.2, 0.25) is 0 Å². The first-order valence-corrected chi connectivity index (χ1v) is 8.51. The molecule has 0 aliphatic heterocycles. The lowest BCUT2D eigenvalue weighted by molar-refractivity contribution is -0.141. The van der Waals surface area contributed by atoms with Gasteiger partial charge in [0.25, 0.3) is 0 Å². The van der Waals surface area contributed by atoms with Crippen LogP contribution in [-0.2, 0) is 14.6 Å². The summed E-state index contributed by atoms with van der Waals surface area (Å²) in [4.78, 5) is 23.7. The molecule has 0 aliphatic carbocycles. The molecule has 0 saturated carbocycles. The minimum Gasteiger partial charge on any atom is -0.481 e. The van der Waals surface area contributed by atoms with Crippen LogP contribution in [-0.4, -0.2) is 49.8 Å². The van der Waals surface area contributed by atoms with Gasteiger partial charge in [0.05, 0.1) is 22.3 Å². The van der Waals surface area contributed by atoms with E-state index in [2.05, 4.69) is 5.32 Å². The molecule has 1 aromatic rings. The number of urea groups is 1. The number of aliphatic carboxylic acids is 1. The van der Waals surface area contributed by atoms with E-state index in [-0.39, 0.29) is 22.9 Å². The first-order valence-electron chi connectivity index (χ1n) is 6.85. The van der Waals surface area contributed by atoms with Crippen LogP contribution in [0.1, 0.15) is 13.8 Å². The number of carboxylic acids is 1. The molecule has 9 heteroatoms. The standard InChI is InChI=1S/C14H19FN2O5S/c1-4-23(21,22)12-7-10(15)5-6-11(12)16-14(20)17(3)8-9(2)13(18)19/h5-7,9H,4,8H2,1-3H3,(H,16,20)(H,18,19). The molecule has 1 rings (SSSR count). The highest BCUT2D eigenvalue weighted by Crippen LogP contribution is 2.24. The predicted octanol–water partition coefficient (Wildman–Crippen LogP) is 1.80. The number of amides is 2. The first kappa shape index (κ1) is 18.9. The Morgan fingerprint density at radius 3 is 2.52 bits per heavy atom. The monoisotopic (exact) mass is 346 g/mol. The van der Waals surface area contributed by atoms with Gasteiger partial charge in [-0.15, -0.1) is 0 Å². The third kappa shape index (κ3) is 4.92. The van der Waals surface area contributed by atoms with Crippen LogP contribution in [0.25, 0.3) is 0 Å². The third-order valence-electron chi connectivity index (χ3n) is 3.22. The van der Waals surface area contributed by atoms with Gasteiger partial charge in [0, 0.05) is 13.6 Å². The highest BCUT2D eigenvalue weighted by atomic mass is 32.2. The average Bonchev–Trinajstić information content (AvgIpc) is 2.48. The number of carbonyl (C=O) groups is 2. The lowest BCUT2D eigenvalue weighted by atomic mass is 10.2. The fourth-order valence-electron chi connectivity index (χ4n) is 1.79. The van der Waals surface area contributed by atoms with Crippen molar-refractivity contribution in [3.05, 3.63) is 24.0 Å². The summed E-state index contributed by atoms with van der Waals surface area (Å²) in [6.07, 6.45) is 0. The number of sulfone groups is 1. The maximum absolute atomic E-state index is 13.3. The molecule has 0 bridgehead atoms. The van der Waals surface area contributed by atoms with Crippen LogP contribution in [0.3, 0.4) is 0 Å². The number of carbonyl (C=O) groups excluding carboxylic acids is 1. The van der Waals surface area contributed by atoms with Crippen LogP contribution < -0.4 is 5.32 Å². The van der Waals surface area contributed by atoms with Crippen LogP contribution >= 0.6 is 0 Å². The van der Waals surface area contributed by atoms with E-state index in [1.54, 1.807) is 0 Å². The third-order valence-corrected chi connectivity index (χ3v) is 4.98. The molecule has 0 radical (unpaired) electrons. The molecule has 1 unspecified atom stereocenters. The normalized spacial score (nSPS) is 12.5. The zero-order valence-corrected chi connectivity index (χ0v) is 13.9. The Hall–Kier alpha value is -2.16. The Morgan fingerprint density at radius 1 is 1.39 bits per heavy atom. The molecule has 23 heavy (non-hydrogen) atoms. The van der Waals surface area contributed by atoms with Gasteiger partial charge in [-0.3, -0.25) is 4.79 Å². The molecule has 7 nitrogen and oxygen atoms in total. The summed E-state index contributed by atoms with van der Waals surface area (Å²) >= 11 is 0. The number of carboxylic acid groups (broad SMARTS) is 1. The van der Waals surface area contributed by atoms with Crippen molar-refractivity contribution in [3.63, 3.8) is 0 Å². The highest BCUT2D eigenvalue weighted by molar-refractivity contribution is 7.91. The minimum absolute atomic E-state index is 0.0481. The molecule has 128 valence electrons. The quantitative estimate of drug-likeness (QED) is 0.817. The summed E-state index contributed by atoms with van der Waals surface area (Å²) in [5.74, 6) is -2.81. The molecule has 1 aromatic carbocycles. The molecule has 0 heterocycles. The zero-order chi connectivity index (χ0) is 17.8. The van der Waals surface area contributed by atoms with Crippen molar-refractivity contribution in [2.75, 3.05) is 24.7 Å². The topological polar surface area (TPSA) is 104 Å². The highest BCUT2D eigenvalue weighted by Gasteiger charge is 2.22. The number of halogens is 1. The van der Waals surface area contributed by atoms with E-state index in [1.807, 2.05) is 0 Å². The van der Waals surface area contributed by atoms with Crippen LogP contribution in [0.4, 0.5) is 14.9 Å². The summed E-state index contributed by atoms with van der Waals surface area (Å²) in [5, 5.41) is 11.2. The van der Waals surface area contributed by atoms with Gasteiger partial charge in [-0.1, -0.05) is 13.8 Å². The zero-order valence-electron chi connectivity index (χ0n) is 13.0. The number of nitrogens with zero attached hydrogens (tertiary/aromatic N) is 1. The van der Waals surface area contributed by atoms with E-state index in [0.29, 0.717) is 0 Å². The van der Waals surface area contributed by atoms with E-state index in [1.165, 1.54) is 20.9 Å². The summed E-state index contributed by atoms with van der Waals surface area (Å²) in [6, 6.07) is 2.35. The largest absolute Gasteiger partial charge is 0.481 e. The van der Waals surface area contributed by atoms with Gasteiger partial charge in [-0.05, 0) is 18.2 Å². The lowest BCUT2D eigenvalue weighted by Gasteiger charge is -2.21. The van der Waals surface area contributed by atoms with E-state index in [0.717, 1.165) is 23.1 Å². The Kier molecular flexibility index (Phi) is 6.08. The molecular formula is C14H19FN2O5S. The van der Waals surface area contributed by atoms with Crippen molar-refractivity contribution in [2.24, 2.45) is 5.92 Å². The van der Waals surface area contributed by atoms with E-state index < -0.39 is 33.6 Å². The van der Waals surface area contributed by atoms with Crippen molar-refractivity contribution in [1.82, 2.24) is 4.90 Å². The van der Waals surface area contributed by atoms with Crippen molar-refractivity contribution in [1.29, 1.82) is 0 Å². The van der Waals surface area contributed by atoms with Crippen LogP contribution in [0.5, 0.6) is 0 Å². The number of rotatable bonds is 6. The molecular weight excluding hydrogens is 327 g/mol. The second kappa shape index (κ2) is 7.40. The number of nitrogens with one attached hydrogen (secondary N) is 1. The second-order valence-electron chi connectivity index (χ2n) is 5.09. The van der Waals surface area contributed by atoms with Gasteiger partial charge in [0.15, 0.2) is 9.84 Å². The van der Waals surface area contributed by atoms with Gasteiger partial charge in [-0.25, -0.2) is 17.6 Å². The van der Waals surface area contributed by atoms with E-state index in [4.69, 9.17) is 5.11 Å². The van der Waals surface area contributed by atoms with E-state index in [9.17, 15) is 22.4 Å². The van der Waals surface area contributed by atoms with Crippen LogP contribution in [0, 0.1) is 11.7 Å². The second-order valence-corrected chi connectivity index (χ2v) is 7.34. The maximum atomic E-state index is 13.3. The Labute approximate surface area is 134 Å². The van der Waals surface area contributed by atoms with Crippen LogP contribution in [0.15, 0.2) is 23.1 Å².